The van der Waals surface area contributed by atoms with E-state index in [-0.39, 0.29) is 0 Å². The predicted octanol–water partition coefficient (Wildman–Crippen LogP) is 16.1. The second kappa shape index (κ2) is 14.3. The van der Waals surface area contributed by atoms with Gasteiger partial charge in [-0.3, -0.25) is 0 Å². The van der Waals surface area contributed by atoms with Crippen LogP contribution in [-0.4, -0.2) is 19.5 Å². The molecule has 0 unspecified atom stereocenters. The van der Waals surface area contributed by atoms with E-state index in [1.807, 2.05) is 6.07 Å². The van der Waals surface area contributed by atoms with Gasteiger partial charge in [-0.1, -0.05) is 182 Å². The van der Waals surface area contributed by atoms with Gasteiger partial charge >= 0.3 is 0 Å². The van der Waals surface area contributed by atoms with Crippen LogP contribution in [0.5, 0.6) is 0 Å². The van der Waals surface area contributed by atoms with Gasteiger partial charge in [-0.2, -0.15) is 0 Å². The summed E-state index contributed by atoms with van der Waals surface area (Å²) in [5, 5.41) is 13.6. The Morgan fingerprint density at radius 3 is 1.61 bits per heavy atom. The topological polar surface area (TPSA) is 56.7 Å². The highest BCUT2D eigenvalue weighted by Gasteiger charge is 2.24. The molecule has 306 valence electrons. The fraction of sp³-hybridized carbons (Fsp3) is 0. The largest absolute Gasteiger partial charge is 0.455 e. The summed E-state index contributed by atoms with van der Waals surface area (Å²) < 4.78 is 9.56. The molecule has 0 spiro atoms. The van der Waals surface area contributed by atoms with E-state index in [0.29, 0.717) is 17.5 Å². The Hall–Kier alpha value is -8.93. The molecule has 0 bridgehead atoms. The van der Waals surface area contributed by atoms with Crippen LogP contribution in [0, 0.1) is 0 Å². The molecule has 0 saturated carbocycles. The first kappa shape index (κ1) is 36.5. The van der Waals surface area contributed by atoms with Gasteiger partial charge in [0.2, 0.25) is 0 Å². The maximum Gasteiger partial charge on any atom is 0.164 e. The third-order valence-corrected chi connectivity index (χ3v) is 13.4. The van der Waals surface area contributed by atoms with E-state index in [4.69, 9.17) is 19.4 Å². The summed E-state index contributed by atoms with van der Waals surface area (Å²) >= 11 is 0. The number of aromatic nitrogens is 4. The second-order valence-electron chi connectivity index (χ2n) is 17.2. The monoisotopic (exact) mass is 840 g/mol. The zero-order chi connectivity index (χ0) is 43.3. The van der Waals surface area contributed by atoms with Gasteiger partial charge in [0, 0.05) is 43.6 Å². The van der Waals surface area contributed by atoms with Crippen molar-refractivity contribution in [3.05, 3.63) is 218 Å². The highest BCUT2D eigenvalue weighted by atomic mass is 16.3. The summed E-state index contributed by atoms with van der Waals surface area (Å²) in [7, 11) is 0. The summed E-state index contributed by atoms with van der Waals surface area (Å²) in [4.78, 5) is 15.9. The van der Waals surface area contributed by atoms with Gasteiger partial charge in [-0.05, 0) is 79.8 Å². The molecule has 0 N–H and O–H groups in total. The Morgan fingerprint density at radius 2 is 0.848 bits per heavy atom. The zero-order valence-electron chi connectivity index (χ0n) is 35.5. The Kier molecular flexibility index (Phi) is 7.91. The van der Waals surface area contributed by atoms with Crippen molar-refractivity contribution in [2.75, 3.05) is 0 Å². The standard InChI is InChI=1S/C61H36N4O/c1-2-12-37(13-3-1)39-22-25-42(26-23-39)59-62-60(46-27-24-38-14-4-5-17-43(38)32-46)64-61(63-59)47-35-54(56-51-31-29-41-16-9-11-21-49(41)58(51)66-55(56)36-47)65-53-34-45-19-7-6-18-44(45)33-52(53)50-30-28-40-15-8-10-20-48(40)57(50)65/h1-36H. The van der Waals surface area contributed by atoms with Gasteiger partial charge in [0.15, 0.2) is 17.5 Å². The molecule has 0 amide bonds. The molecule has 0 fully saturated rings. The van der Waals surface area contributed by atoms with Crippen LogP contribution in [0.25, 0.3) is 138 Å². The molecule has 14 aromatic rings. The van der Waals surface area contributed by atoms with Crippen LogP contribution >= 0.6 is 0 Å². The molecule has 66 heavy (non-hydrogen) atoms. The number of nitrogens with zero attached hydrogens (tertiary/aromatic N) is 4. The van der Waals surface area contributed by atoms with E-state index in [2.05, 4.69) is 217 Å². The van der Waals surface area contributed by atoms with E-state index >= 15 is 0 Å². The number of hydrogen-bond acceptors (Lipinski definition) is 4. The summed E-state index contributed by atoms with van der Waals surface area (Å²) in [6.07, 6.45) is 0. The van der Waals surface area contributed by atoms with E-state index in [1.165, 1.54) is 32.3 Å². The maximum atomic E-state index is 7.10. The molecule has 5 nitrogen and oxygen atoms in total. The minimum Gasteiger partial charge on any atom is -0.455 e. The molecule has 0 aliphatic carbocycles. The first-order chi connectivity index (χ1) is 32.7. The van der Waals surface area contributed by atoms with Crippen molar-refractivity contribution < 1.29 is 4.42 Å². The maximum absolute atomic E-state index is 7.10. The number of fused-ring (bicyclic) bond motifs is 12. The van der Waals surface area contributed by atoms with E-state index in [0.717, 1.165) is 88.0 Å². The molecule has 0 atom stereocenters. The zero-order valence-corrected chi connectivity index (χ0v) is 35.5. The fourth-order valence-corrected chi connectivity index (χ4v) is 10.2. The lowest BCUT2D eigenvalue weighted by molar-refractivity contribution is 0.672. The molecule has 14 rings (SSSR count). The third-order valence-electron chi connectivity index (χ3n) is 13.4. The van der Waals surface area contributed by atoms with Crippen LogP contribution < -0.4 is 0 Å². The number of benzene rings is 11. The number of rotatable bonds is 5. The Bertz CT molecular complexity index is 4280. The minimum absolute atomic E-state index is 0.555. The van der Waals surface area contributed by atoms with Gasteiger partial charge in [0.1, 0.15) is 11.2 Å². The molecule has 0 saturated heterocycles. The Labute approximate surface area is 378 Å². The highest BCUT2D eigenvalue weighted by Crippen LogP contribution is 2.45. The van der Waals surface area contributed by atoms with Gasteiger partial charge in [0.05, 0.1) is 22.1 Å². The molecule has 5 heteroatoms. The summed E-state index contributed by atoms with van der Waals surface area (Å²) in [6, 6.07) is 77.6. The SMILES string of the molecule is c1ccc(-c2ccc(-c3nc(-c4ccc5ccccc5c4)nc(-c4cc(-n5c6cc7ccccc7cc6c6ccc7ccccc7c65)c5c(c4)oc4c6ccccc6ccc45)n3)cc2)cc1. The van der Waals surface area contributed by atoms with Gasteiger partial charge in [-0.25, -0.2) is 15.0 Å². The van der Waals surface area contributed by atoms with Crippen LogP contribution in [-0.2, 0) is 0 Å². The average Bonchev–Trinajstić information content (AvgIpc) is 3.93. The van der Waals surface area contributed by atoms with E-state index < -0.39 is 0 Å². The van der Waals surface area contributed by atoms with Crippen LogP contribution in [0.2, 0.25) is 0 Å². The third kappa shape index (κ3) is 5.70. The minimum atomic E-state index is 0.555. The molecule has 11 aromatic carbocycles. The molecular weight excluding hydrogens is 805 g/mol. The van der Waals surface area contributed by atoms with Gasteiger partial charge < -0.3 is 8.98 Å². The predicted molar refractivity (Wildman–Crippen MR) is 273 cm³/mol. The Morgan fingerprint density at radius 1 is 0.318 bits per heavy atom. The summed E-state index contributed by atoms with van der Waals surface area (Å²) in [6.45, 7) is 0. The number of hydrogen-bond donors (Lipinski definition) is 0. The van der Waals surface area contributed by atoms with Gasteiger partial charge in [-0.15, -0.1) is 0 Å². The molecule has 0 radical (unpaired) electrons. The first-order valence-corrected chi connectivity index (χ1v) is 22.3. The second-order valence-corrected chi connectivity index (χ2v) is 17.2. The van der Waals surface area contributed by atoms with Crippen molar-refractivity contribution in [1.29, 1.82) is 0 Å². The lowest BCUT2D eigenvalue weighted by atomic mass is 10.0. The fourth-order valence-electron chi connectivity index (χ4n) is 10.2. The van der Waals surface area contributed by atoms with Gasteiger partial charge in [0.25, 0.3) is 0 Å². The average molecular weight is 841 g/mol. The van der Waals surface area contributed by atoms with Crippen molar-refractivity contribution in [3.8, 4) is 51.0 Å². The molecule has 0 aliphatic rings. The molecule has 0 aliphatic heterocycles. The smallest absolute Gasteiger partial charge is 0.164 e. The number of furan rings is 1. The first-order valence-electron chi connectivity index (χ1n) is 22.3. The van der Waals surface area contributed by atoms with Crippen LogP contribution in [0.15, 0.2) is 223 Å². The quantitative estimate of drug-likeness (QED) is 0.173. The lowest BCUT2D eigenvalue weighted by Gasteiger charge is -2.14. The van der Waals surface area contributed by atoms with Crippen molar-refractivity contribution in [2.45, 2.75) is 0 Å². The van der Waals surface area contributed by atoms with Crippen LogP contribution in [0.3, 0.4) is 0 Å². The van der Waals surface area contributed by atoms with E-state index in [1.54, 1.807) is 0 Å². The molecule has 3 aromatic heterocycles. The van der Waals surface area contributed by atoms with Crippen molar-refractivity contribution in [1.82, 2.24) is 19.5 Å². The van der Waals surface area contributed by atoms with Crippen LogP contribution in [0.1, 0.15) is 0 Å². The molecular formula is C61H36N4O. The Balaban J connectivity index is 1.09. The summed E-state index contributed by atoms with van der Waals surface area (Å²) in [5.41, 5.74) is 9.77. The molecule has 3 heterocycles. The van der Waals surface area contributed by atoms with Crippen molar-refractivity contribution in [2.24, 2.45) is 0 Å². The normalized spacial score (nSPS) is 11.9. The van der Waals surface area contributed by atoms with Crippen LogP contribution in [0.4, 0.5) is 0 Å². The summed E-state index contributed by atoms with van der Waals surface area (Å²) in [5.74, 6) is 1.74. The highest BCUT2D eigenvalue weighted by molar-refractivity contribution is 6.23. The lowest BCUT2D eigenvalue weighted by Crippen LogP contribution is -2.02. The van der Waals surface area contributed by atoms with Crippen molar-refractivity contribution in [3.63, 3.8) is 0 Å². The van der Waals surface area contributed by atoms with Crippen molar-refractivity contribution >= 4 is 86.8 Å². The van der Waals surface area contributed by atoms with E-state index in [9.17, 15) is 0 Å².